The highest BCUT2D eigenvalue weighted by Crippen LogP contribution is 2.12. The number of hydrogen-bond acceptors (Lipinski definition) is 2. The molecule has 2 heteroatoms. The van der Waals surface area contributed by atoms with Crippen LogP contribution in [0.1, 0.15) is 97.3 Å². The van der Waals surface area contributed by atoms with E-state index in [1.165, 1.54) is 64.2 Å². The molecule has 1 N–H and O–H groups in total. The number of unbranched alkanes of at least 4 members (excludes halogenated alkanes) is 10. The van der Waals surface area contributed by atoms with Gasteiger partial charge in [-0.05, 0) is 13.3 Å². The van der Waals surface area contributed by atoms with Crippen LogP contribution in [-0.2, 0) is 4.79 Å². The third-order valence-electron chi connectivity index (χ3n) is 3.58. The highest BCUT2D eigenvalue weighted by atomic mass is 16.3. The van der Waals surface area contributed by atoms with E-state index in [4.69, 9.17) is 5.11 Å². The lowest BCUT2D eigenvalue weighted by atomic mass is 10.0. The molecule has 0 fully saturated rings. The van der Waals surface area contributed by atoms with Crippen LogP contribution in [0.3, 0.4) is 0 Å². The number of Topliss-reactive ketones (excluding diaryl/α,β-unsaturated/α-hetero) is 1. The second-order valence-corrected chi connectivity index (χ2v) is 5.88. The lowest BCUT2D eigenvalue weighted by Crippen LogP contribution is -2.08. The summed E-state index contributed by atoms with van der Waals surface area (Å²) in [5.41, 5.74) is 0. The average Bonchev–Trinajstić information content (AvgIpc) is 2.35. The molecule has 0 aliphatic heterocycles. The summed E-state index contributed by atoms with van der Waals surface area (Å²) in [5, 5.41) is 9.08. The van der Waals surface area contributed by atoms with Gasteiger partial charge in [-0.15, -0.1) is 0 Å². The minimum Gasteiger partial charge on any atom is -0.393 e. The molecule has 1 unspecified atom stereocenters. The summed E-state index contributed by atoms with van der Waals surface area (Å²) in [4.78, 5) is 11.4. The van der Waals surface area contributed by atoms with Crippen LogP contribution in [0.25, 0.3) is 0 Å². The zero-order valence-corrected chi connectivity index (χ0v) is 13.1. The number of carbonyl (C=O) groups excluding carboxylic acids is 1. The van der Waals surface area contributed by atoms with Gasteiger partial charge in [-0.25, -0.2) is 0 Å². The first-order chi connectivity index (χ1) is 9.16. The Balaban J connectivity index is 3.08. The number of rotatable bonds is 14. The summed E-state index contributed by atoms with van der Waals surface area (Å²) in [6, 6.07) is 0. The number of aliphatic hydroxyl groups excluding tert-OH is 1. The van der Waals surface area contributed by atoms with Crippen molar-refractivity contribution in [3.8, 4) is 0 Å². The first-order valence-corrected chi connectivity index (χ1v) is 8.36. The smallest absolute Gasteiger partial charge is 0.135 e. The fourth-order valence-electron chi connectivity index (χ4n) is 2.42. The van der Waals surface area contributed by atoms with Gasteiger partial charge >= 0.3 is 0 Å². The Hall–Kier alpha value is -0.370. The Kier molecular flexibility index (Phi) is 13.8. The molecule has 0 aromatic carbocycles. The number of hydrogen-bond donors (Lipinski definition) is 1. The summed E-state index contributed by atoms with van der Waals surface area (Å²) in [6.45, 7) is 3.93. The topological polar surface area (TPSA) is 37.3 Å². The van der Waals surface area contributed by atoms with E-state index in [-0.39, 0.29) is 5.78 Å². The zero-order chi connectivity index (χ0) is 14.3. The van der Waals surface area contributed by atoms with Crippen LogP contribution < -0.4 is 0 Å². The molecule has 0 spiro atoms. The van der Waals surface area contributed by atoms with Gasteiger partial charge in [-0.2, -0.15) is 0 Å². The molecule has 19 heavy (non-hydrogen) atoms. The van der Waals surface area contributed by atoms with E-state index in [0.29, 0.717) is 12.8 Å². The Morgan fingerprint density at radius 1 is 0.842 bits per heavy atom. The predicted octanol–water partition coefficient (Wildman–Crippen LogP) is 5.03. The number of ketones is 1. The van der Waals surface area contributed by atoms with Crippen LogP contribution in [0.4, 0.5) is 0 Å². The SMILES string of the molecule is CCCCCCCCCCCCCC(=O)CC(C)O. The first-order valence-electron chi connectivity index (χ1n) is 8.36. The Bertz CT molecular complexity index is 199. The zero-order valence-electron chi connectivity index (χ0n) is 13.1. The van der Waals surface area contributed by atoms with Gasteiger partial charge in [0.05, 0.1) is 6.10 Å². The maximum atomic E-state index is 11.4. The molecule has 0 aliphatic rings. The Morgan fingerprint density at radius 3 is 1.68 bits per heavy atom. The van der Waals surface area contributed by atoms with E-state index >= 15 is 0 Å². The van der Waals surface area contributed by atoms with E-state index in [1.54, 1.807) is 6.92 Å². The van der Waals surface area contributed by atoms with E-state index in [2.05, 4.69) is 6.92 Å². The Labute approximate surface area is 120 Å². The van der Waals surface area contributed by atoms with Crippen molar-refractivity contribution in [1.82, 2.24) is 0 Å². The van der Waals surface area contributed by atoms with Gasteiger partial charge in [0.2, 0.25) is 0 Å². The van der Waals surface area contributed by atoms with Crippen molar-refractivity contribution < 1.29 is 9.90 Å². The summed E-state index contributed by atoms with van der Waals surface area (Å²) in [6.07, 6.45) is 14.9. The van der Waals surface area contributed by atoms with Crippen LogP contribution >= 0.6 is 0 Å². The molecule has 0 rings (SSSR count). The molecule has 0 saturated heterocycles. The molecule has 0 saturated carbocycles. The van der Waals surface area contributed by atoms with Crippen molar-refractivity contribution >= 4 is 5.78 Å². The molecule has 0 aromatic heterocycles. The number of aliphatic hydroxyl groups is 1. The minimum absolute atomic E-state index is 0.214. The molecule has 0 bridgehead atoms. The highest BCUT2D eigenvalue weighted by Gasteiger charge is 2.05. The van der Waals surface area contributed by atoms with Crippen molar-refractivity contribution in [3.63, 3.8) is 0 Å². The second-order valence-electron chi connectivity index (χ2n) is 5.88. The van der Waals surface area contributed by atoms with Crippen LogP contribution in [0.5, 0.6) is 0 Å². The Morgan fingerprint density at radius 2 is 1.26 bits per heavy atom. The van der Waals surface area contributed by atoms with E-state index in [9.17, 15) is 4.79 Å². The van der Waals surface area contributed by atoms with Crippen molar-refractivity contribution in [3.05, 3.63) is 0 Å². The molecular formula is C17H34O2. The molecule has 114 valence electrons. The lowest BCUT2D eigenvalue weighted by molar-refractivity contribution is -0.120. The summed E-state index contributed by atoms with van der Waals surface area (Å²) in [5.74, 6) is 0.214. The van der Waals surface area contributed by atoms with Gasteiger partial charge in [-0.3, -0.25) is 4.79 Å². The van der Waals surface area contributed by atoms with Crippen LogP contribution in [0.2, 0.25) is 0 Å². The highest BCUT2D eigenvalue weighted by molar-refractivity contribution is 5.78. The quantitative estimate of drug-likeness (QED) is 0.450. The monoisotopic (exact) mass is 270 g/mol. The summed E-state index contributed by atoms with van der Waals surface area (Å²) in [7, 11) is 0. The van der Waals surface area contributed by atoms with Crippen molar-refractivity contribution in [2.45, 2.75) is 103 Å². The molecule has 0 amide bonds. The largest absolute Gasteiger partial charge is 0.393 e. The van der Waals surface area contributed by atoms with Crippen molar-refractivity contribution in [2.75, 3.05) is 0 Å². The molecule has 0 aromatic rings. The van der Waals surface area contributed by atoms with Gasteiger partial charge in [0, 0.05) is 12.8 Å². The first kappa shape index (κ1) is 18.6. The lowest BCUT2D eigenvalue weighted by Gasteiger charge is -2.04. The summed E-state index contributed by atoms with van der Waals surface area (Å²) < 4.78 is 0. The predicted molar refractivity (Wildman–Crippen MR) is 82.4 cm³/mol. The van der Waals surface area contributed by atoms with Gasteiger partial charge < -0.3 is 5.11 Å². The standard InChI is InChI=1S/C17H34O2/c1-3-4-5-6-7-8-9-10-11-12-13-14-17(19)15-16(2)18/h16,18H,3-15H2,1-2H3. The fourth-order valence-corrected chi connectivity index (χ4v) is 2.42. The maximum Gasteiger partial charge on any atom is 0.135 e. The van der Waals surface area contributed by atoms with Gasteiger partial charge in [0.15, 0.2) is 0 Å². The number of carbonyl (C=O) groups is 1. The third-order valence-corrected chi connectivity index (χ3v) is 3.58. The normalized spacial score (nSPS) is 12.6. The molecule has 0 aliphatic carbocycles. The average molecular weight is 270 g/mol. The van der Waals surface area contributed by atoms with E-state index in [0.717, 1.165) is 6.42 Å². The minimum atomic E-state index is -0.472. The molecule has 0 heterocycles. The van der Waals surface area contributed by atoms with Crippen LogP contribution in [0, 0.1) is 0 Å². The van der Waals surface area contributed by atoms with Gasteiger partial charge in [0.1, 0.15) is 5.78 Å². The van der Waals surface area contributed by atoms with Crippen molar-refractivity contribution in [1.29, 1.82) is 0 Å². The summed E-state index contributed by atoms with van der Waals surface area (Å²) >= 11 is 0. The van der Waals surface area contributed by atoms with Gasteiger partial charge in [0.25, 0.3) is 0 Å². The second kappa shape index (κ2) is 14.0. The molecule has 1 atom stereocenters. The van der Waals surface area contributed by atoms with Crippen molar-refractivity contribution in [2.24, 2.45) is 0 Å². The van der Waals surface area contributed by atoms with Gasteiger partial charge in [-0.1, -0.05) is 71.1 Å². The third kappa shape index (κ3) is 15.6. The van der Waals surface area contributed by atoms with Crippen LogP contribution in [-0.4, -0.2) is 17.0 Å². The fraction of sp³-hybridized carbons (Fsp3) is 0.941. The van der Waals surface area contributed by atoms with Crippen LogP contribution in [0.15, 0.2) is 0 Å². The molecule has 0 radical (unpaired) electrons. The van der Waals surface area contributed by atoms with E-state index < -0.39 is 6.10 Å². The van der Waals surface area contributed by atoms with E-state index in [1.807, 2.05) is 0 Å². The maximum absolute atomic E-state index is 11.4. The molecule has 2 nitrogen and oxygen atoms in total. The molecular weight excluding hydrogens is 236 g/mol.